The van der Waals surface area contributed by atoms with E-state index in [0.29, 0.717) is 3.67 Å². The van der Waals surface area contributed by atoms with Gasteiger partial charge < -0.3 is 0 Å². The van der Waals surface area contributed by atoms with Gasteiger partial charge in [-0.3, -0.25) is 0 Å². The first-order valence-corrected chi connectivity index (χ1v) is 17.4. The molecule has 0 nitrogen and oxygen atoms in total. The molecule has 0 aromatic carbocycles. The standard InChI is InChI=1S/C5H5.CH3.2ClH.Hf/c1-2-4-5-3-1;;;;/h1-5H;1H3;2*1H;/q;;;;+2/p-2. The first kappa shape index (κ1) is 8.03. The monoisotopic (exact) mass is 330 g/mol. The summed E-state index contributed by atoms with van der Waals surface area (Å²) in [6.45, 7) is 0. The second-order valence-electron chi connectivity index (χ2n) is 2.25. The van der Waals surface area contributed by atoms with E-state index < -0.39 is 17.6 Å². The van der Waals surface area contributed by atoms with Crippen LogP contribution < -0.4 is 0 Å². The molecule has 3 heteroatoms. The fourth-order valence-corrected chi connectivity index (χ4v) is 6.38. The van der Waals surface area contributed by atoms with E-state index in [2.05, 4.69) is 12.2 Å². The minimum atomic E-state index is -2.74. The van der Waals surface area contributed by atoms with Crippen molar-refractivity contribution in [2.75, 3.05) is 0 Å². The second kappa shape index (κ2) is 2.89. The van der Waals surface area contributed by atoms with E-state index in [9.17, 15) is 0 Å². The fraction of sp³-hybridized carbons (Fsp3) is 0.333. The van der Waals surface area contributed by atoms with Crippen LogP contribution in [0, 0.1) is 0 Å². The number of rotatable bonds is 1. The minimum absolute atomic E-state index is 0.404. The Kier molecular flexibility index (Phi) is 2.58. The van der Waals surface area contributed by atoms with E-state index in [4.69, 9.17) is 17.2 Å². The molecule has 1 rings (SSSR count). The summed E-state index contributed by atoms with van der Waals surface area (Å²) in [5.74, 6) is 0. The van der Waals surface area contributed by atoms with Crippen molar-refractivity contribution in [2.45, 2.75) is 8.35 Å². The van der Waals surface area contributed by atoms with Crippen LogP contribution in [-0.4, -0.2) is 0 Å². The van der Waals surface area contributed by atoms with Gasteiger partial charge in [0.05, 0.1) is 0 Å². The van der Waals surface area contributed by atoms with Crippen LogP contribution in [-0.2, 0) is 17.6 Å². The van der Waals surface area contributed by atoms with Crippen LogP contribution in [0.5, 0.6) is 0 Å². The van der Waals surface area contributed by atoms with E-state index in [1.54, 1.807) is 0 Å². The summed E-state index contributed by atoms with van der Waals surface area (Å²) in [4.78, 5) is 0. The zero-order valence-electron chi connectivity index (χ0n) is 5.14. The molecule has 1 aliphatic carbocycles. The van der Waals surface area contributed by atoms with Gasteiger partial charge in [-0.2, -0.15) is 0 Å². The Bertz CT molecular complexity index is 143. The van der Waals surface area contributed by atoms with Gasteiger partial charge >= 0.3 is 67.4 Å². The maximum atomic E-state index is 6.02. The van der Waals surface area contributed by atoms with Crippen molar-refractivity contribution >= 4 is 17.2 Å². The van der Waals surface area contributed by atoms with Crippen LogP contribution in [0.4, 0.5) is 0 Å². The van der Waals surface area contributed by atoms with E-state index in [1.165, 1.54) is 0 Å². The topological polar surface area (TPSA) is 0 Å². The van der Waals surface area contributed by atoms with Crippen LogP contribution in [0.2, 0.25) is 8.35 Å². The molecule has 9 heavy (non-hydrogen) atoms. The van der Waals surface area contributed by atoms with Crippen LogP contribution in [0.25, 0.3) is 0 Å². The zero-order valence-corrected chi connectivity index (χ0v) is 10.2. The molecular formula is C6H8Cl2Hf. The Morgan fingerprint density at radius 1 is 1.22 bits per heavy atom. The van der Waals surface area contributed by atoms with Gasteiger partial charge in [-0.05, 0) is 0 Å². The predicted octanol–water partition coefficient (Wildman–Crippen LogP) is 3.41. The van der Waals surface area contributed by atoms with Crippen LogP contribution in [0.15, 0.2) is 24.3 Å². The summed E-state index contributed by atoms with van der Waals surface area (Å²) in [6.07, 6.45) is 8.18. The molecule has 0 aliphatic heterocycles. The molecule has 0 atom stereocenters. The average molecular weight is 330 g/mol. The van der Waals surface area contributed by atoms with Crippen LogP contribution in [0.1, 0.15) is 0 Å². The van der Waals surface area contributed by atoms with Crippen molar-refractivity contribution in [3.8, 4) is 0 Å². The molecule has 0 N–H and O–H groups in total. The van der Waals surface area contributed by atoms with Gasteiger partial charge in [-0.1, -0.05) is 0 Å². The molecule has 50 valence electrons. The van der Waals surface area contributed by atoms with Crippen molar-refractivity contribution in [3.05, 3.63) is 24.3 Å². The summed E-state index contributed by atoms with van der Waals surface area (Å²) in [5.41, 5.74) is 0. The third-order valence-corrected chi connectivity index (χ3v) is 11.0. The first-order valence-electron chi connectivity index (χ1n) is 2.83. The number of allylic oxidation sites excluding steroid dienone is 4. The Morgan fingerprint density at radius 3 is 1.89 bits per heavy atom. The van der Waals surface area contributed by atoms with Crippen LogP contribution >= 0.6 is 17.2 Å². The van der Waals surface area contributed by atoms with Gasteiger partial charge in [-0.25, -0.2) is 0 Å². The molecule has 0 aromatic heterocycles. The average Bonchev–Trinajstić information content (AvgIpc) is 2.08. The Hall–Kier alpha value is 0.930. The van der Waals surface area contributed by atoms with Gasteiger partial charge in [-0.15, -0.1) is 0 Å². The maximum absolute atomic E-state index is 6.02. The number of halogens is 2. The van der Waals surface area contributed by atoms with Crippen molar-refractivity contribution in [2.24, 2.45) is 0 Å². The van der Waals surface area contributed by atoms with Gasteiger partial charge in [0.25, 0.3) is 0 Å². The first-order chi connectivity index (χ1) is 4.11. The number of hydrogen-bond donors (Lipinski definition) is 0. The third-order valence-electron chi connectivity index (χ3n) is 1.33. The third kappa shape index (κ3) is 2.21. The predicted molar refractivity (Wildman–Crippen MR) is 39.6 cm³/mol. The molecular weight excluding hydrogens is 321 g/mol. The molecule has 0 saturated heterocycles. The molecule has 0 heterocycles. The second-order valence-corrected chi connectivity index (χ2v) is 26.0. The van der Waals surface area contributed by atoms with E-state index in [-0.39, 0.29) is 0 Å². The van der Waals surface area contributed by atoms with Gasteiger partial charge in [0.1, 0.15) is 0 Å². The van der Waals surface area contributed by atoms with Crippen molar-refractivity contribution in [3.63, 3.8) is 0 Å². The zero-order chi connectivity index (χ0) is 6.91. The summed E-state index contributed by atoms with van der Waals surface area (Å²) in [5, 5.41) is 0. The summed E-state index contributed by atoms with van der Waals surface area (Å²) in [7, 11) is 12.0. The van der Waals surface area contributed by atoms with Crippen molar-refractivity contribution < 1.29 is 17.6 Å². The normalized spacial score (nSPS) is 19.4. The summed E-state index contributed by atoms with van der Waals surface area (Å²) < 4.78 is 2.42. The van der Waals surface area contributed by atoms with Gasteiger partial charge in [0.2, 0.25) is 0 Å². The summed E-state index contributed by atoms with van der Waals surface area (Å²) >= 11 is -2.74. The summed E-state index contributed by atoms with van der Waals surface area (Å²) in [6, 6.07) is 0. The Labute approximate surface area is 67.0 Å². The van der Waals surface area contributed by atoms with E-state index >= 15 is 0 Å². The quantitative estimate of drug-likeness (QED) is 0.647. The van der Waals surface area contributed by atoms with Gasteiger partial charge in [0.15, 0.2) is 0 Å². The van der Waals surface area contributed by atoms with Crippen molar-refractivity contribution in [1.29, 1.82) is 0 Å². The van der Waals surface area contributed by atoms with Crippen LogP contribution in [0.3, 0.4) is 0 Å². The fourth-order valence-electron chi connectivity index (χ4n) is 0.770. The van der Waals surface area contributed by atoms with E-state index in [0.717, 1.165) is 0 Å². The Morgan fingerprint density at radius 2 is 1.67 bits per heavy atom. The van der Waals surface area contributed by atoms with Crippen molar-refractivity contribution in [1.82, 2.24) is 0 Å². The Balaban J connectivity index is 2.64. The molecule has 0 radical (unpaired) electrons. The molecule has 0 amide bonds. The molecule has 0 fully saturated rings. The molecule has 0 bridgehead atoms. The molecule has 0 aromatic rings. The SMILES string of the molecule is [CH3][Hf]([Cl])([Cl])[CH]1C=CC=C1. The molecule has 0 unspecified atom stereocenters. The molecule has 1 aliphatic rings. The molecule has 0 spiro atoms. The molecule has 0 saturated carbocycles. The number of hydrogen-bond acceptors (Lipinski definition) is 0. The van der Waals surface area contributed by atoms with Gasteiger partial charge in [0, 0.05) is 0 Å². The van der Waals surface area contributed by atoms with E-state index in [1.807, 2.05) is 16.8 Å².